The van der Waals surface area contributed by atoms with Gasteiger partial charge in [0, 0.05) is 43.7 Å². The molecule has 1 aliphatic heterocycles. The Morgan fingerprint density at radius 2 is 1.67 bits per heavy atom. The van der Waals surface area contributed by atoms with Gasteiger partial charge in [-0.05, 0) is 18.1 Å². The van der Waals surface area contributed by atoms with Crippen LogP contribution in [0.4, 0.5) is 0 Å². The number of hydrogen-bond acceptors (Lipinski definition) is 3. The van der Waals surface area contributed by atoms with Crippen molar-refractivity contribution in [3.63, 3.8) is 0 Å². The molecule has 0 atom stereocenters. The molecule has 0 N–H and O–H groups in total. The lowest BCUT2D eigenvalue weighted by Gasteiger charge is -2.22. The highest BCUT2D eigenvalue weighted by molar-refractivity contribution is 6.34. The van der Waals surface area contributed by atoms with E-state index in [1.807, 2.05) is 11.8 Å². The zero-order chi connectivity index (χ0) is 17.7. The van der Waals surface area contributed by atoms with E-state index in [-0.39, 0.29) is 18.2 Å². The number of ether oxygens (including phenoxy) is 1. The van der Waals surface area contributed by atoms with Crippen molar-refractivity contribution in [2.45, 2.75) is 26.2 Å². The predicted molar refractivity (Wildman–Crippen MR) is 94.8 cm³/mol. The minimum Gasteiger partial charge on any atom is -0.495 e. The van der Waals surface area contributed by atoms with Gasteiger partial charge >= 0.3 is 0 Å². The molecule has 1 fully saturated rings. The molecule has 7 heteroatoms. The number of carbonyl (C=O) groups is 2. The van der Waals surface area contributed by atoms with E-state index in [0.29, 0.717) is 54.0 Å². The van der Waals surface area contributed by atoms with E-state index in [1.54, 1.807) is 17.0 Å². The highest BCUT2D eigenvalue weighted by Crippen LogP contribution is 2.31. The third-order valence-corrected chi connectivity index (χ3v) is 4.81. The van der Waals surface area contributed by atoms with Gasteiger partial charge in [-0.25, -0.2) is 0 Å². The van der Waals surface area contributed by atoms with E-state index in [4.69, 9.17) is 27.9 Å². The van der Waals surface area contributed by atoms with Gasteiger partial charge in [-0.2, -0.15) is 0 Å². The highest BCUT2D eigenvalue weighted by atomic mass is 35.5. The van der Waals surface area contributed by atoms with Crippen molar-refractivity contribution in [3.8, 4) is 5.75 Å². The molecule has 1 aromatic rings. The number of methoxy groups -OCH3 is 1. The molecule has 1 aliphatic rings. The van der Waals surface area contributed by atoms with Crippen LogP contribution in [0, 0.1) is 0 Å². The van der Waals surface area contributed by atoms with Crippen molar-refractivity contribution in [2.24, 2.45) is 0 Å². The van der Waals surface area contributed by atoms with E-state index >= 15 is 0 Å². The maximum Gasteiger partial charge on any atom is 0.227 e. The van der Waals surface area contributed by atoms with Crippen LogP contribution in [0.15, 0.2) is 12.1 Å². The normalized spacial score (nSPS) is 15.2. The number of nitrogens with zero attached hydrogens (tertiary/aromatic N) is 2. The first-order valence-electron chi connectivity index (χ1n) is 8.03. The second-order valence-electron chi connectivity index (χ2n) is 5.72. The lowest BCUT2D eigenvalue weighted by Crippen LogP contribution is -2.37. The first-order chi connectivity index (χ1) is 11.5. The molecule has 5 nitrogen and oxygen atoms in total. The zero-order valence-electron chi connectivity index (χ0n) is 14.0. The van der Waals surface area contributed by atoms with E-state index in [0.717, 1.165) is 6.42 Å². The molecule has 0 aliphatic carbocycles. The fourth-order valence-corrected chi connectivity index (χ4v) is 3.26. The van der Waals surface area contributed by atoms with Crippen molar-refractivity contribution >= 4 is 35.0 Å². The predicted octanol–water partition coefficient (Wildman–Crippen LogP) is 3.02. The van der Waals surface area contributed by atoms with Gasteiger partial charge < -0.3 is 14.5 Å². The molecule has 0 unspecified atom stereocenters. The maximum atomic E-state index is 12.6. The summed E-state index contributed by atoms with van der Waals surface area (Å²) >= 11 is 12.3. The van der Waals surface area contributed by atoms with E-state index in [1.165, 1.54) is 7.11 Å². The van der Waals surface area contributed by atoms with Crippen molar-refractivity contribution in [2.75, 3.05) is 33.3 Å². The van der Waals surface area contributed by atoms with Crippen LogP contribution in [-0.2, 0) is 16.0 Å². The lowest BCUT2D eigenvalue weighted by atomic mass is 10.1. The van der Waals surface area contributed by atoms with Crippen molar-refractivity contribution in [1.29, 1.82) is 0 Å². The minimum atomic E-state index is -0.0102. The number of amides is 2. The smallest absolute Gasteiger partial charge is 0.227 e. The van der Waals surface area contributed by atoms with Gasteiger partial charge in [-0.1, -0.05) is 30.1 Å². The van der Waals surface area contributed by atoms with Gasteiger partial charge in [0.2, 0.25) is 11.8 Å². The average molecular weight is 373 g/mol. The van der Waals surface area contributed by atoms with Gasteiger partial charge in [-0.3, -0.25) is 9.59 Å². The molecule has 24 heavy (non-hydrogen) atoms. The summed E-state index contributed by atoms with van der Waals surface area (Å²) in [4.78, 5) is 28.0. The fourth-order valence-electron chi connectivity index (χ4n) is 2.78. The van der Waals surface area contributed by atoms with Crippen LogP contribution >= 0.6 is 23.2 Å². The number of carbonyl (C=O) groups excluding carboxylic acids is 2. The van der Waals surface area contributed by atoms with Crippen molar-refractivity contribution in [3.05, 3.63) is 27.7 Å². The second kappa shape index (κ2) is 8.58. The molecule has 0 aromatic heterocycles. The summed E-state index contributed by atoms with van der Waals surface area (Å²) in [7, 11) is 1.52. The molecule has 0 radical (unpaired) electrons. The quantitative estimate of drug-likeness (QED) is 0.815. The summed E-state index contributed by atoms with van der Waals surface area (Å²) in [6.07, 6.45) is 1.47. The molecule has 2 rings (SSSR count). The summed E-state index contributed by atoms with van der Waals surface area (Å²) in [6.45, 7) is 4.33. The van der Waals surface area contributed by atoms with Crippen molar-refractivity contribution in [1.82, 2.24) is 9.80 Å². The zero-order valence-corrected chi connectivity index (χ0v) is 15.5. The molecule has 1 heterocycles. The highest BCUT2D eigenvalue weighted by Gasteiger charge is 2.22. The largest absolute Gasteiger partial charge is 0.495 e. The summed E-state index contributed by atoms with van der Waals surface area (Å²) in [6, 6.07) is 3.29. The molecule has 0 bridgehead atoms. The van der Waals surface area contributed by atoms with Crippen LogP contribution in [0.3, 0.4) is 0 Å². The SMILES string of the molecule is CCC(=O)N1CCCN(C(=O)Cc2cc(Cl)c(OC)cc2Cl)CC1. The van der Waals surface area contributed by atoms with E-state index < -0.39 is 0 Å². The Morgan fingerprint density at radius 3 is 2.25 bits per heavy atom. The number of halogens is 2. The van der Waals surface area contributed by atoms with Crippen molar-refractivity contribution < 1.29 is 14.3 Å². The number of benzene rings is 1. The Balaban J connectivity index is 2.02. The molecule has 0 saturated carbocycles. The Bertz CT molecular complexity index is 622. The van der Waals surface area contributed by atoms with E-state index in [2.05, 4.69) is 0 Å². The van der Waals surface area contributed by atoms with Crippen LogP contribution in [0.25, 0.3) is 0 Å². The average Bonchev–Trinajstić information content (AvgIpc) is 2.83. The first kappa shape index (κ1) is 18.9. The number of hydrogen-bond donors (Lipinski definition) is 0. The van der Waals surface area contributed by atoms with Gasteiger partial charge in [-0.15, -0.1) is 0 Å². The van der Waals surface area contributed by atoms with Crippen LogP contribution < -0.4 is 4.74 Å². The first-order valence-corrected chi connectivity index (χ1v) is 8.79. The molecule has 0 spiro atoms. The van der Waals surface area contributed by atoms with Crippen LogP contribution in [-0.4, -0.2) is 54.9 Å². The molecule has 1 aromatic carbocycles. The lowest BCUT2D eigenvalue weighted by molar-refractivity contribution is -0.133. The molecular formula is C17H22Cl2N2O3. The van der Waals surface area contributed by atoms with Crippen LogP contribution in [0.1, 0.15) is 25.3 Å². The summed E-state index contributed by atoms with van der Waals surface area (Å²) in [5, 5.41) is 0.891. The van der Waals surface area contributed by atoms with Gasteiger partial charge in [0.05, 0.1) is 18.6 Å². The standard InChI is InChI=1S/C17H22Cl2N2O3/c1-3-16(22)20-5-4-6-21(8-7-20)17(23)10-12-9-14(19)15(24-2)11-13(12)18/h9,11H,3-8,10H2,1-2H3. The molecule has 2 amide bonds. The van der Waals surface area contributed by atoms with E-state index in [9.17, 15) is 9.59 Å². The van der Waals surface area contributed by atoms with Crippen LogP contribution in [0.2, 0.25) is 10.0 Å². The summed E-state index contributed by atoms with van der Waals surface area (Å²) in [5.74, 6) is 0.611. The maximum absolute atomic E-state index is 12.6. The minimum absolute atomic E-state index is 0.0102. The number of rotatable bonds is 4. The topological polar surface area (TPSA) is 49.9 Å². The third kappa shape index (κ3) is 4.54. The third-order valence-electron chi connectivity index (χ3n) is 4.17. The van der Waals surface area contributed by atoms with Gasteiger partial charge in [0.25, 0.3) is 0 Å². The Labute approximate surface area is 152 Å². The fraction of sp³-hybridized carbons (Fsp3) is 0.529. The van der Waals surface area contributed by atoms with Gasteiger partial charge in [0.1, 0.15) is 5.75 Å². The Morgan fingerprint density at radius 1 is 1.04 bits per heavy atom. The second-order valence-corrected chi connectivity index (χ2v) is 6.54. The van der Waals surface area contributed by atoms with Crippen LogP contribution in [0.5, 0.6) is 5.75 Å². The van der Waals surface area contributed by atoms with Gasteiger partial charge in [0.15, 0.2) is 0 Å². The molecule has 132 valence electrons. The monoisotopic (exact) mass is 372 g/mol. The Kier molecular flexibility index (Phi) is 6.75. The summed E-state index contributed by atoms with van der Waals surface area (Å²) in [5.41, 5.74) is 0.679. The molecular weight excluding hydrogens is 351 g/mol. The Hall–Kier alpha value is -1.46. The summed E-state index contributed by atoms with van der Waals surface area (Å²) < 4.78 is 5.11. The molecule has 1 saturated heterocycles.